The first-order valence-corrected chi connectivity index (χ1v) is 2.98. The molecule has 0 atom stereocenters. The Kier molecular flexibility index (Phi) is 2.27. The molecule has 0 saturated carbocycles. The third-order valence-corrected chi connectivity index (χ3v) is 1.16. The average Bonchev–Trinajstić information content (AvgIpc) is 1.82. The highest BCUT2D eigenvalue weighted by Crippen LogP contribution is 2.12. The quantitative estimate of drug-likeness (QED) is 0.389. The molecule has 7 heteroatoms. The normalized spacial score (nSPS) is 10.0. The summed E-state index contributed by atoms with van der Waals surface area (Å²) in [5, 5.41) is -0.727. The van der Waals surface area contributed by atoms with Crippen LogP contribution >= 0.6 is 11.6 Å². The second kappa shape index (κ2) is 3.06. The maximum atomic E-state index is 12.4. The van der Waals surface area contributed by atoms with Crippen molar-refractivity contribution in [3.8, 4) is 0 Å². The lowest BCUT2D eigenvalue weighted by atomic mass is 10.3. The van der Waals surface area contributed by atoms with Crippen LogP contribution in [0.3, 0.4) is 0 Å². The fraction of sp³-hybridized carbons (Fsp3) is 0. The van der Waals surface area contributed by atoms with Crippen molar-refractivity contribution in [2.75, 3.05) is 0 Å². The van der Waals surface area contributed by atoms with E-state index >= 15 is 0 Å². The summed E-state index contributed by atoms with van der Waals surface area (Å²) in [5.74, 6) is -3.22. The summed E-state index contributed by atoms with van der Waals surface area (Å²) in [6, 6.07) is -2.28. The lowest BCUT2D eigenvalue weighted by molar-refractivity contribution is 0.0824. The molecule has 1 aromatic heterocycles. The van der Waals surface area contributed by atoms with Gasteiger partial charge in [0.25, 0.3) is 0 Å². The van der Waals surface area contributed by atoms with E-state index < -0.39 is 28.8 Å². The van der Waals surface area contributed by atoms with Crippen molar-refractivity contribution in [1.82, 2.24) is 9.97 Å². The molecule has 0 aliphatic heterocycles. The lowest BCUT2D eigenvalue weighted by Crippen LogP contribution is -2.05. The van der Waals surface area contributed by atoms with Gasteiger partial charge >= 0.3 is 6.04 Å². The number of rotatable bonds is 1. The van der Waals surface area contributed by atoms with Crippen molar-refractivity contribution in [2.45, 2.75) is 0 Å². The van der Waals surface area contributed by atoms with E-state index in [1.807, 2.05) is 0 Å². The molecule has 1 aromatic rings. The first-order chi connectivity index (χ1) is 5.52. The third-order valence-electron chi connectivity index (χ3n) is 0.990. The maximum Gasteiger partial charge on any atom is 0.341 e. The van der Waals surface area contributed by atoms with Crippen molar-refractivity contribution in [3.63, 3.8) is 0 Å². The van der Waals surface area contributed by atoms with Crippen LogP contribution in [0.1, 0.15) is 10.4 Å². The topological polar surface area (TPSA) is 42.9 Å². The van der Waals surface area contributed by atoms with Gasteiger partial charge in [0.05, 0.1) is 0 Å². The Bertz CT molecular complexity index is 320. The molecule has 12 heavy (non-hydrogen) atoms. The largest absolute Gasteiger partial charge is 0.341 e. The van der Waals surface area contributed by atoms with Crippen molar-refractivity contribution in [3.05, 3.63) is 22.7 Å². The van der Waals surface area contributed by atoms with E-state index in [4.69, 9.17) is 11.6 Å². The summed E-state index contributed by atoms with van der Waals surface area (Å²) < 4.78 is 36.7. The minimum atomic E-state index is -2.28. The van der Waals surface area contributed by atoms with Crippen molar-refractivity contribution in [1.29, 1.82) is 0 Å². The van der Waals surface area contributed by atoms with Crippen LogP contribution in [0, 0.1) is 11.9 Å². The molecular formula is C5ClF3N2O. The van der Waals surface area contributed by atoms with Gasteiger partial charge in [-0.15, -0.1) is 0 Å². The monoisotopic (exact) mass is 196 g/mol. The Balaban J connectivity index is 3.38. The molecule has 0 N–H and O–H groups in total. The van der Waals surface area contributed by atoms with Gasteiger partial charge in [-0.05, 0) is 11.6 Å². The van der Waals surface area contributed by atoms with Gasteiger partial charge < -0.3 is 0 Å². The number of carbonyl (C=O) groups excluding carboxylic acids is 1. The number of hydrogen-bond acceptors (Lipinski definition) is 3. The van der Waals surface area contributed by atoms with Crippen molar-refractivity contribution in [2.24, 2.45) is 0 Å². The predicted molar refractivity (Wildman–Crippen MR) is 32.4 cm³/mol. The number of aromatic nitrogens is 2. The van der Waals surface area contributed by atoms with E-state index in [0.717, 1.165) is 0 Å². The Hall–Kier alpha value is -1.17. The minimum Gasteiger partial charge on any atom is -0.255 e. The molecule has 1 heterocycles. The van der Waals surface area contributed by atoms with Gasteiger partial charge in [0.15, 0.2) is 5.56 Å². The molecule has 0 unspecified atom stereocenters. The zero-order valence-corrected chi connectivity index (χ0v) is 6.07. The van der Waals surface area contributed by atoms with Crippen LogP contribution in [0.15, 0.2) is 0 Å². The third kappa shape index (κ3) is 1.53. The highest BCUT2D eigenvalue weighted by atomic mass is 35.5. The molecule has 0 saturated heterocycles. The van der Waals surface area contributed by atoms with Gasteiger partial charge in [-0.1, -0.05) is 0 Å². The zero-order valence-electron chi connectivity index (χ0n) is 5.31. The summed E-state index contributed by atoms with van der Waals surface area (Å²) in [4.78, 5) is 15.4. The van der Waals surface area contributed by atoms with E-state index in [-0.39, 0.29) is 0 Å². The number of nitrogens with zero attached hydrogens (tertiary/aromatic N) is 2. The Morgan fingerprint density at radius 1 is 1.25 bits per heavy atom. The minimum absolute atomic E-state index is 0.727. The fourth-order valence-electron chi connectivity index (χ4n) is 0.546. The van der Waals surface area contributed by atoms with Gasteiger partial charge in [0.2, 0.25) is 17.2 Å². The van der Waals surface area contributed by atoms with Gasteiger partial charge in [0.1, 0.15) is 0 Å². The summed E-state index contributed by atoms with van der Waals surface area (Å²) >= 11 is 4.99. The molecule has 64 valence electrons. The number of hydrogen-bond donors (Lipinski definition) is 0. The second-order valence-corrected chi connectivity index (χ2v) is 2.06. The van der Waals surface area contributed by atoms with E-state index in [9.17, 15) is 18.0 Å². The van der Waals surface area contributed by atoms with Crippen LogP contribution in [-0.2, 0) is 0 Å². The summed E-state index contributed by atoms with van der Waals surface area (Å²) in [6.07, 6.45) is 0. The van der Waals surface area contributed by atoms with Gasteiger partial charge in [-0.2, -0.15) is 23.1 Å². The maximum absolute atomic E-state index is 12.4. The second-order valence-electron chi connectivity index (χ2n) is 1.72. The highest BCUT2D eigenvalue weighted by molar-refractivity contribution is 6.28. The van der Waals surface area contributed by atoms with E-state index in [2.05, 4.69) is 9.97 Å². The Morgan fingerprint density at radius 3 is 2.00 bits per heavy atom. The fourth-order valence-corrected chi connectivity index (χ4v) is 0.695. The number of halogens is 4. The van der Waals surface area contributed by atoms with Crippen LogP contribution < -0.4 is 0 Å². The molecule has 0 fully saturated rings. The summed E-state index contributed by atoms with van der Waals surface area (Å²) in [7, 11) is 0. The van der Waals surface area contributed by atoms with Gasteiger partial charge in [-0.25, -0.2) is 0 Å². The van der Waals surface area contributed by atoms with Crippen LogP contribution in [0.5, 0.6) is 0 Å². The van der Waals surface area contributed by atoms with E-state index in [0.29, 0.717) is 0 Å². The summed E-state index contributed by atoms with van der Waals surface area (Å²) in [5.41, 5.74) is -1.43. The molecule has 0 bridgehead atoms. The van der Waals surface area contributed by atoms with Gasteiger partial charge in [0, 0.05) is 0 Å². The predicted octanol–water partition coefficient (Wildman–Crippen LogP) is 1.52. The van der Waals surface area contributed by atoms with Gasteiger partial charge in [-0.3, -0.25) is 4.79 Å². The standard InChI is InChI=1S/C5ClF3N2O/c6-5-10-2(7)1(4(9)12)3(8)11-5. The van der Waals surface area contributed by atoms with Crippen LogP contribution in [-0.4, -0.2) is 16.0 Å². The molecule has 0 spiro atoms. The molecule has 0 amide bonds. The lowest BCUT2D eigenvalue weighted by Gasteiger charge is -1.95. The van der Waals surface area contributed by atoms with Crippen molar-refractivity contribution >= 4 is 17.6 Å². The molecule has 1 rings (SSSR count). The van der Waals surface area contributed by atoms with E-state index in [1.165, 1.54) is 0 Å². The molecular weight excluding hydrogens is 197 g/mol. The highest BCUT2D eigenvalue weighted by Gasteiger charge is 2.20. The molecule has 3 nitrogen and oxygen atoms in total. The molecule has 0 aliphatic rings. The van der Waals surface area contributed by atoms with Crippen molar-refractivity contribution < 1.29 is 18.0 Å². The van der Waals surface area contributed by atoms with Crippen LogP contribution in [0.2, 0.25) is 5.28 Å². The smallest absolute Gasteiger partial charge is 0.255 e. The molecule has 0 aliphatic carbocycles. The first kappa shape index (κ1) is 8.92. The average molecular weight is 197 g/mol. The van der Waals surface area contributed by atoms with Crippen LogP contribution in [0.4, 0.5) is 13.2 Å². The zero-order chi connectivity index (χ0) is 9.30. The van der Waals surface area contributed by atoms with E-state index in [1.54, 1.807) is 0 Å². The summed E-state index contributed by atoms with van der Waals surface area (Å²) in [6.45, 7) is 0. The Labute approximate surface area is 69.2 Å². The SMILES string of the molecule is O=C(F)c1c(F)nc(Cl)nc1F. The molecule has 0 radical (unpaired) electrons. The number of carbonyl (C=O) groups is 1. The molecule has 0 aromatic carbocycles. The first-order valence-electron chi connectivity index (χ1n) is 2.60. The van der Waals surface area contributed by atoms with Crippen LogP contribution in [0.25, 0.3) is 0 Å². The Morgan fingerprint density at radius 2 is 1.67 bits per heavy atom.